The first kappa shape index (κ1) is 13.7. The van der Waals surface area contributed by atoms with E-state index < -0.39 is 11.4 Å². The topological polar surface area (TPSA) is 35.4 Å². The van der Waals surface area contributed by atoms with Gasteiger partial charge in [0.05, 0.1) is 6.21 Å². The van der Waals surface area contributed by atoms with Crippen molar-refractivity contribution in [3.8, 4) is 0 Å². The first-order valence-corrected chi connectivity index (χ1v) is 6.93. The normalized spacial score (nSPS) is 14.4. The highest BCUT2D eigenvalue weighted by Gasteiger charge is 2.25. The molecule has 1 aromatic carbocycles. The molecule has 0 N–H and O–H groups in total. The molecule has 1 aromatic rings. The third-order valence-electron chi connectivity index (χ3n) is 2.05. The van der Waals surface area contributed by atoms with Crippen LogP contribution in [0.2, 0.25) is 0 Å². The summed E-state index contributed by atoms with van der Waals surface area (Å²) in [6, 6.07) is 5.96. The molecule has 0 unspecified atom stereocenters. The summed E-state index contributed by atoms with van der Waals surface area (Å²) in [6.45, 7) is 7.74. The number of hydrogen-bond donors (Lipinski definition) is 0. The fourth-order valence-corrected chi connectivity index (χ4v) is 1.92. The van der Waals surface area contributed by atoms with Crippen LogP contribution in [-0.2, 0) is 11.4 Å². The van der Waals surface area contributed by atoms with Crippen molar-refractivity contribution in [2.75, 3.05) is 0 Å². The number of benzene rings is 1. The highest BCUT2D eigenvalue weighted by Crippen LogP contribution is 2.18. The van der Waals surface area contributed by atoms with Crippen molar-refractivity contribution in [3.05, 3.63) is 33.8 Å². The third-order valence-corrected chi connectivity index (χ3v) is 3.89. The average molecular weight is 302 g/mol. The van der Waals surface area contributed by atoms with E-state index in [0.29, 0.717) is 0 Å². The maximum Gasteiger partial charge on any atom is 0.144 e. The van der Waals surface area contributed by atoms with E-state index >= 15 is 0 Å². The summed E-state index contributed by atoms with van der Waals surface area (Å²) >= 11 is 2.21. The van der Waals surface area contributed by atoms with Crippen LogP contribution in [0.1, 0.15) is 31.9 Å². The van der Waals surface area contributed by atoms with Crippen LogP contribution >= 0.6 is 15.9 Å². The lowest BCUT2D eigenvalue weighted by Crippen LogP contribution is -2.25. The van der Waals surface area contributed by atoms with Crippen molar-refractivity contribution in [3.63, 3.8) is 0 Å². The molecular formula is C12H16BrNOS. The molecule has 0 spiro atoms. The average Bonchev–Trinajstić information content (AvgIpc) is 2.17. The number of nitrogens with zero attached hydrogens (tertiary/aromatic N) is 1. The van der Waals surface area contributed by atoms with Gasteiger partial charge in [-0.1, -0.05) is 26.4 Å². The second kappa shape index (κ2) is 5.34. The standard InChI is InChI=1S/C12H16BrNOS/c1-9-5-6-11(13)7-10(9)8-14-16(15)12(2,3)4/h5-8H,1-4H3/b14-8-/t16-/m0/s1. The molecule has 0 aliphatic heterocycles. The van der Waals surface area contributed by atoms with Crippen LogP contribution in [0, 0.1) is 6.92 Å². The Morgan fingerprint density at radius 3 is 2.56 bits per heavy atom. The van der Waals surface area contributed by atoms with E-state index in [-0.39, 0.29) is 4.75 Å². The molecule has 0 bridgehead atoms. The summed E-state index contributed by atoms with van der Waals surface area (Å²) in [7, 11) is 0. The van der Waals surface area contributed by atoms with E-state index in [1.54, 1.807) is 6.21 Å². The Hall–Kier alpha value is -0.320. The molecule has 16 heavy (non-hydrogen) atoms. The molecule has 88 valence electrons. The molecule has 1 atom stereocenters. The molecule has 0 aliphatic rings. The van der Waals surface area contributed by atoms with Gasteiger partial charge >= 0.3 is 0 Å². The summed E-state index contributed by atoms with van der Waals surface area (Å²) < 4.78 is 16.5. The Balaban J connectivity index is 2.88. The van der Waals surface area contributed by atoms with E-state index in [9.17, 15) is 4.55 Å². The van der Waals surface area contributed by atoms with Gasteiger partial charge in [-0.2, -0.15) is 0 Å². The fourth-order valence-electron chi connectivity index (χ4n) is 1.01. The Morgan fingerprint density at radius 2 is 2.00 bits per heavy atom. The molecule has 0 amide bonds. The van der Waals surface area contributed by atoms with Crippen LogP contribution in [0.4, 0.5) is 0 Å². The highest BCUT2D eigenvalue weighted by atomic mass is 79.9. The quantitative estimate of drug-likeness (QED) is 0.607. The van der Waals surface area contributed by atoms with Crippen molar-refractivity contribution in [1.29, 1.82) is 0 Å². The Morgan fingerprint density at radius 1 is 1.38 bits per heavy atom. The van der Waals surface area contributed by atoms with Gasteiger partial charge in [0.25, 0.3) is 0 Å². The second-order valence-corrected chi connectivity index (χ2v) is 7.45. The molecule has 0 saturated heterocycles. The fraction of sp³-hybridized carbons (Fsp3) is 0.417. The number of rotatable bonds is 2. The molecule has 0 aliphatic carbocycles. The first-order valence-electron chi connectivity index (χ1n) is 5.03. The van der Waals surface area contributed by atoms with Gasteiger partial charge in [-0.3, -0.25) is 0 Å². The van der Waals surface area contributed by atoms with E-state index in [0.717, 1.165) is 15.6 Å². The van der Waals surface area contributed by atoms with Gasteiger partial charge in [0, 0.05) is 10.0 Å². The predicted molar refractivity (Wildman–Crippen MR) is 74.4 cm³/mol. The number of hydrogen-bond acceptors (Lipinski definition) is 2. The largest absolute Gasteiger partial charge is 0.591 e. The lowest BCUT2D eigenvalue weighted by atomic mass is 10.1. The highest BCUT2D eigenvalue weighted by molar-refractivity contribution is 9.10. The van der Waals surface area contributed by atoms with Crippen LogP contribution in [0.25, 0.3) is 0 Å². The van der Waals surface area contributed by atoms with Crippen molar-refractivity contribution in [2.24, 2.45) is 4.40 Å². The van der Waals surface area contributed by atoms with Crippen molar-refractivity contribution in [1.82, 2.24) is 0 Å². The molecule has 0 fully saturated rings. The molecule has 1 rings (SSSR count). The molecular weight excluding hydrogens is 286 g/mol. The van der Waals surface area contributed by atoms with Gasteiger partial charge in [-0.05, 0) is 45.4 Å². The van der Waals surface area contributed by atoms with Gasteiger partial charge < -0.3 is 4.55 Å². The van der Waals surface area contributed by atoms with Crippen LogP contribution in [0.3, 0.4) is 0 Å². The van der Waals surface area contributed by atoms with Gasteiger partial charge in [0.15, 0.2) is 0 Å². The van der Waals surface area contributed by atoms with Gasteiger partial charge in [0.2, 0.25) is 0 Å². The Bertz CT molecular complexity index is 398. The zero-order valence-electron chi connectivity index (χ0n) is 9.95. The third kappa shape index (κ3) is 3.92. The zero-order chi connectivity index (χ0) is 12.3. The number of aryl methyl sites for hydroxylation is 1. The minimum Gasteiger partial charge on any atom is -0.591 e. The molecule has 0 radical (unpaired) electrons. The lowest BCUT2D eigenvalue weighted by Gasteiger charge is -2.17. The lowest BCUT2D eigenvalue weighted by molar-refractivity contribution is 0.562. The van der Waals surface area contributed by atoms with Crippen LogP contribution in [0.5, 0.6) is 0 Å². The molecule has 4 heteroatoms. The maximum atomic E-state index is 11.7. The predicted octanol–water partition coefficient (Wildman–Crippen LogP) is 3.64. The molecule has 2 nitrogen and oxygen atoms in total. The van der Waals surface area contributed by atoms with Crippen LogP contribution in [0.15, 0.2) is 27.1 Å². The van der Waals surface area contributed by atoms with Gasteiger partial charge in [-0.25, -0.2) is 0 Å². The second-order valence-electron chi connectivity index (χ2n) is 4.60. The molecule has 0 heterocycles. The molecule has 0 saturated carbocycles. The summed E-state index contributed by atoms with van der Waals surface area (Å²) in [5, 5.41) is 0. The SMILES string of the molecule is Cc1ccc(Br)cc1/C=N\[S@@+]([O-])C(C)(C)C. The molecule has 0 aromatic heterocycles. The minimum absolute atomic E-state index is 0.309. The van der Waals surface area contributed by atoms with Crippen molar-refractivity contribution < 1.29 is 4.55 Å². The van der Waals surface area contributed by atoms with Crippen molar-refractivity contribution in [2.45, 2.75) is 32.4 Å². The Labute approximate surface area is 109 Å². The summed E-state index contributed by atoms with van der Waals surface area (Å²) in [5.74, 6) is 0. The monoisotopic (exact) mass is 301 g/mol. The van der Waals surface area contributed by atoms with Crippen molar-refractivity contribution >= 4 is 33.5 Å². The van der Waals surface area contributed by atoms with E-state index in [1.807, 2.05) is 45.9 Å². The maximum absolute atomic E-state index is 11.7. The van der Waals surface area contributed by atoms with E-state index in [4.69, 9.17) is 0 Å². The summed E-state index contributed by atoms with van der Waals surface area (Å²) in [5.41, 5.74) is 2.12. The zero-order valence-corrected chi connectivity index (χ0v) is 12.4. The summed E-state index contributed by atoms with van der Waals surface area (Å²) in [4.78, 5) is 0. The first-order chi connectivity index (χ1) is 7.30. The Kier molecular flexibility index (Phi) is 4.59. The summed E-state index contributed by atoms with van der Waals surface area (Å²) in [6.07, 6.45) is 1.68. The van der Waals surface area contributed by atoms with Crippen LogP contribution < -0.4 is 0 Å². The number of halogens is 1. The smallest absolute Gasteiger partial charge is 0.144 e. The van der Waals surface area contributed by atoms with E-state index in [2.05, 4.69) is 20.3 Å². The minimum atomic E-state index is -1.20. The van der Waals surface area contributed by atoms with Crippen LogP contribution in [-0.4, -0.2) is 15.5 Å². The van der Waals surface area contributed by atoms with E-state index in [1.165, 1.54) is 0 Å². The van der Waals surface area contributed by atoms with Gasteiger partial charge in [-0.15, -0.1) is 0 Å². The van der Waals surface area contributed by atoms with Gasteiger partial charge in [0.1, 0.15) is 16.1 Å².